The number of ketones is 1. The first kappa shape index (κ1) is 18.2. The quantitative estimate of drug-likeness (QED) is 0.639. The molecular weight excluding hydrogens is 331 g/mol. The molecule has 26 heavy (non-hydrogen) atoms. The van der Waals surface area contributed by atoms with E-state index in [2.05, 4.69) is 13.8 Å². The van der Waals surface area contributed by atoms with Gasteiger partial charge in [-0.15, -0.1) is 0 Å². The van der Waals surface area contributed by atoms with E-state index in [0.29, 0.717) is 30.6 Å². The molecule has 0 radical (unpaired) electrons. The van der Waals surface area contributed by atoms with Gasteiger partial charge in [0.05, 0.1) is 0 Å². The molecule has 6 atom stereocenters. The average Bonchev–Trinajstić information content (AvgIpc) is 2.95. The maximum absolute atomic E-state index is 14.6. The van der Waals surface area contributed by atoms with Gasteiger partial charge in [-0.1, -0.05) is 20.8 Å². The van der Waals surface area contributed by atoms with E-state index in [-0.39, 0.29) is 28.7 Å². The van der Waals surface area contributed by atoms with Crippen molar-refractivity contribution in [2.45, 2.75) is 84.7 Å². The van der Waals surface area contributed by atoms with Crippen LogP contribution in [0.2, 0.25) is 0 Å². The fraction of sp³-hybridized carbons (Fsp3) is 0.818. The summed E-state index contributed by atoms with van der Waals surface area (Å²) in [6, 6.07) is 0. The van der Waals surface area contributed by atoms with E-state index in [9.17, 15) is 14.0 Å². The molecule has 4 rings (SSSR count). The third kappa shape index (κ3) is 2.43. The monoisotopic (exact) mass is 362 g/mol. The molecule has 0 N–H and O–H groups in total. The van der Waals surface area contributed by atoms with Crippen LogP contribution in [0.25, 0.3) is 0 Å². The van der Waals surface area contributed by atoms with Crippen LogP contribution < -0.4 is 0 Å². The molecule has 0 aromatic heterocycles. The first-order valence-electron chi connectivity index (χ1n) is 10.4. The Morgan fingerprint density at radius 3 is 2.62 bits per heavy atom. The van der Waals surface area contributed by atoms with Crippen molar-refractivity contribution < 1.29 is 18.7 Å². The van der Waals surface area contributed by atoms with Crippen molar-refractivity contribution >= 4 is 11.8 Å². The molecule has 3 nitrogen and oxygen atoms in total. The lowest BCUT2D eigenvalue weighted by atomic mass is 9.47. The second kappa shape index (κ2) is 6.17. The summed E-state index contributed by atoms with van der Waals surface area (Å²) in [5, 5.41) is 0. The highest BCUT2D eigenvalue weighted by Crippen LogP contribution is 2.66. The van der Waals surface area contributed by atoms with Gasteiger partial charge in [-0.05, 0) is 73.7 Å². The average molecular weight is 362 g/mol. The number of rotatable bonds is 2. The van der Waals surface area contributed by atoms with Gasteiger partial charge in [-0.25, -0.2) is 4.39 Å². The molecule has 4 aliphatic rings. The summed E-state index contributed by atoms with van der Waals surface area (Å²) in [7, 11) is 0. The van der Waals surface area contributed by atoms with Crippen molar-refractivity contribution in [1.82, 2.24) is 0 Å². The summed E-state index contributed by atoms with van der Waals surface area (Å²) in [4.78, 5) is 23.7. The highest BCUT2D eigenvalue weighted by atomic mass is 19.1. The highest BCUT2D eigenvalue weighted by molar-refractivity contribution is 5.95. The minimum absolute atomic E-state index is 0.0373. The van der Waals surface area contributed by atoms with E-state index in [1.165, 1.54) is 0 Å². The van der Waals surface area contributed by atoms with Crippen LogP contribution >= 0.6 is 0 Å². The molecule has 0 bridgehead atoms. The Morgan fingerprint density at radius 2 is 1.88 bits per heavy atom. The van der Waals surface area contributed by atoms with Crippen molar-refractivity contribution in [1.29, 1.82) is 0 Å². The Labute approximate surface area is 155 Å². The number of fused-ring (bicyclic) bond motifs is 5. The molecule has 0 heterocycles. The van der Waals surface area contributed by atoms with E-state index in [1.807, 2.05) is 6.92 Å². The van der Waals surface area contributed by atoms with Gasteiger partial charge in [0.1, 0.15) is 6.10 Å². The normalized spacial score (nSPS) is 45.0. The zero-order valence-electron chi connectivity index (χ0n) is 16.3. The molecule has 6 unspecified atom stereocenters. The number of allylic oxidation sites excluding steroid dienone is 1. The standard InChI is InChI=1S/C22H31FO3/c1-4-19(25)26-18-8-7-14-13-5-6-16-20(23)17(24)10-12-21(16,2)15(13)9-11-22(14,18)3/h13-15,18H,4-12H2,1-3H3. The second-order valence-electron chi connectivity index (χ2n) is 9.50. The van der Waals surface area contributed by atoms with Crippen LogP contribution in [0, 0.1) is 28.6 Å². The lowest BCUT2D eigenvalue weighted by Crippen LogP contribution is -2.52. The van der Waals surface area contributed by atoms with E-state index >= 15 is 0 Å². The Balaban J connectivity index is 1.62. The highest BCUT2D eigenvalue weighted by Gasteiger charge is 2.60. The van der Waals surface area contributed by atoms with Crippen molar-refractivity contribution in [3.8, 4) is 0 Å². The topological polar surface area (TPSA) is 43.4 Å². The largest absolute Gasteiger partial charge is 0.462 e. The molecule has 3 saturated carbocycles. The molecule has 144 valence electrons. The fourth-order valence-electron chi connectivity index (χ4n) is 7.04. The Kier molecular flexibility index (Phi) is 4.32. The smallest absolute Gasteiger partial charge is 0.305 e. The summed E-state index contributed by atoms with van der Waals surface area (Å²) in [6.45, 7) is 6.37. The third-order valence-electron chi connectivity index (χ3n) is 8.53. The maximum atomic E-state index is 14.6. The zero-order chi connectivity index (χ0) is 18.7. The summed E-state index contributed by atoms with van der Waals surface area (Å²) in [6.07, 6.45) is 7.49. The molecular formula is C22H31FO3. The van der Waals surface area contributed by atoms with Gasteiger partial charge in [0.15, 0.2) is 11.6 Å². The fourth-order valence-corrected chi connectivity index (χ4v) is 7.04. The molecule has 0 saturated heterocycles. The molecule has 3 fully saturated rings. The lowest BCUT2D eigenvalue weighted by Gasteiger charge is -2.57. The number of carbonyl (C=O) groups excluding carboxylic acids is 2. The van der Waals surface area contributed by atoms with Gasteiger partial charge in [-0.3, -0.25) is 9.59 Å². The predicted molar refractivity (Wildman–Crippen MR) is 96.9 cm³/mol. The van der Waals surface area contributed by atoms with Gasteiger partial charge in [0.2, 0.25) is 0 Å². The van der Waals surface area contributed by atoms with Crippen LogP contribution in [0.15, 0.2) is 11.4 Å². The maximum Gasteiger partial charge on any atom is 0.305 e. The Bertz CT molecular complexity index is 668. The van der Waals surface area contributed by atoms with Crippen molar-refractivity contribution in [2.75, 3.05) is 0 Å². The lowest BCUT2D eigenvalue weighted by molar-refractivity contribution is -0.159. The van der Waals surface area contributed by atoms with E-state index in [4.69, 9.17) is 4.74 Å². The summed E-state index contributed by atoms with van der Waals surface area (Å²) in [5.41, 5.74) is 0.720. The molecule has 0 aromatic carbocycles. The number of halogens is 1. The predicted octanol–water partition coefficient (Wildman–Crippen LogP) is 5.14. The Morgan fingerprint density at radius 1 is 1.12 bits per heavy atom. The summed E-state index contributed by atoms with van der Waals surface area (Å²) in [5.74, 6) is 0.774. The van der Waals surface area contributed by atoms with Crippen LogP contribution in [0.3, 0.4) is 0 Å². The minimum Gasteiger partial charge on any atom is -0.462 e. The van der Waals surface area contributed by atoms with Crippen molar-refractivity contribution in [2.24, 2.45) is 28.6 Å². The zero-order valence-corrected chi connectivity index (χ0v) is 16.3. The third-order valence-corrected chi connectivity index (χ3v) is 8.53. The van der Waals surface area contributed by atoms with E-state index in [0.717, 1.165) is 50.5 Å². The molecule has 4 aliphatic carbocycles. The SMILES string of the molecule is CCC(=O)OC1CCC2C3CCC4=C(F)C(=O)CCC4(C)C3CCC12C. The minimum atomic E-state index is -0.424. The van der Waals surface area contributed by atoms with E-state index < -0.39 is 5.83 Å². The number of ether oxygens (including phenoxy) is 1. The first-order valence-corrected chi connectivity index (χ1v) is 10.4. The van der Waals surface area contributed by atoms with Crippen molar-refractivity contribution in [3.63, 3.8) is 0 Å². The molecule has 0 aromatic rings. The van der Waals surface area contributed by atoms with Gasteiger partial charge < -0.3 is 4.74 Å². The van der Waals surface area contributed by atoms with Crippen molar-refractivity contribution in [3.05, 3.63) is 11.4 Å². The summed E-state index contributed by atoms with van der Waals surface area (Å²) >= 11 is 0. The van der Waals surface area contributed by atoms with Crippen LogP contribution in [0.5, 0.6) is 0 Å². The van der Waals surface area contributed by atoms with Gasteiger partial charge in [0, 0.05) is 18.3 Å². The number of carbonyl (C=O) groups is 2. The van der Waals surface area contributed by atoms with Gasteiger partial charge >= 0.3 is 5.97 Å². The number of Topliss-reactive ketones (excluding diaryl/α,β-unsaturated/α-hetero) is 1. The van der Waals surface area contributed by atoms with Crippen LogP contribution in [-0.4, -0.2) is 17.9 Å². The van der Waals surface area contributed by atoms with E-state index in [1.54, 1.807) is 0 Å². The molecule has 0 amide bonds. The van der Waals surface area contributed by atoms with Crippen LogP contribution in [0.4, 0.5) is 4.39 Å². The van der Waals surface area contributed by atoms with Gasteiger partial charge in [0.25, 0.3) is 0 Å². The molecule has 0 spiro atoms. The summed E-state index contributed by atoms with van der Waals surface area (Å²) < 4.78 is 20.4. The second-order valence-corrected chi connectivity index (χ2v) is 9.50. The van der Waals surface area contributed by atoms with Crippen LogP contribution in [0.1, 0.15) is 78.6 Å². The first-order chi connectivity index (χ1) is 12.3. The number of esters is 1. The Hall–Kier alpha value is -1.19. The van der Waals surface area contributed by atoms with Crippen LogP contribution in [-0.2, 0) is 14.3 Å². The number of hydrogen-bond donors (Lipinski definition) is 0. The molecule has 0 aliphatic heterocycles. The van der Waals surface area contributed by atoms with Gasteiger partial charge in [-0.2, -0.15) is 0 Å². The molecule has 4 heteroatoms. The number of hydrogen-bond acceptors (Lipinski definition) is 3.